The summed E-state index contributed by atoms with van der Waals surface area (Å²) in [6.07, 6.45) is 6.83. The molecule has 5 rings (SSSR count). The molecule has 4 aliphatic rings. The summed E-state index contributed by atoms with van der Waals surface area (Å²) >= 11 is 0. The number of hydrogen-bond donors (Lipinski definition) is 4. The predicted molar refractivity (Wildman–Crippen MR) is 151 cm³/mol. The molecule has 4 unspecified atom stereocenters. The van der Waals surface area contributed by atoms with Crippen molar-refractivity contribution in [2.45, 2.75) is 38.6 Å². The van der Waals surface area contributed by atoms with Crippen molar-refractivity contribution in [3.8, 4) is 5.75 Å². The summed E-state index contributed by atoms with van der Waals surface area (Å²) in [5.74, 6) is -5.63. The third-order valence-corrected chi connectivity index (χ3v) is 8.97. The van der Waals surface area contributed by atoms with Crippen LogP contribution >= 0.6 is 0 Å². The van der Waals surface area contributed by atoms with E-state index in [1.165, 1.54) is 11.6 Å². The maximum atomic E-state index is 13.9. The third kappa shape index (κ3) is 4.37. The Kier molecular flexibility index (Phi) is 7.22. The van der Waals surface area contributed by atoms with Gasteiger partial charge in [0.1, 0.15) is 22.8 Å². The van der Waals surface area contributed by atoms with Crippen LogP contribution in [-0.4, -0.2) is 82.9 Å². The molecule has 1 aromatic carbocycles. The van der Waals surface area contributed by atoms with Crippen LogP contribution in [0.25, 0.3) is 11.3 Å². The Morgan fingerprint density at radius 2 is 1.82 bits per heavy atom. The lowest BCUT2D eigenvalue weighted by atomic mass is 9.59. The highest BCUT2D eigenvalue weighted by atomic mass is 16.3. The lowest BCUT2D eigenvalue weighted by molar-refractivity contribution is -0.136. The second-order valence-corrected chi connectivity index (χ2v) is 11.6. The monoisotopic (exact) mass is 547 g/mol. The van der Waals surface area contributed by atoms with Gasteiger partial charge in [-0.15, -0.1) is 0 Å². The first-order valence-corrected chi connectivity index (χ1v) is 13.8. The van der Waals surface area contributed by atoms with Crippen molar-refractivity contribution in [1.82, 2.24) is 9.80 Å². The van der Waals surface area contributed by atoms with E-state index in [0.29, 0.717) is 12.8 Å². The van der Waals surface area contributed by atoms with Crippen LogP contribution in [0.15, 0.2) is 46.8 Å². The van der Waals surface area contributed by atoms with Gasteiger partial charge in [-0.1, -0.05) is 25.1 Å². The van der Waals surface area contributed by atoms with Crippen LogP contribution in [0.1, 0.15) is 42.9 Å². The number of aliphatic hydroxyl groups excluding tert-OH is 2. The molecule has 0 aromatic heterocycles. The topological polar surface area (TPSA) is 144 Å². The summed E-state index contributed by atoms with van der Waals surface area (Å²) in [7, 11) is 5.49. The highest BCUT2D eigenvalue weighted by Gasteiger charge is 2.55. The number of aromatic hydroxyl groups is 1. The number of phenols is 1. The van der Waals surface area contributed by atoms with Gasteiger partial charge >= 0.3 is 0 Å². The van der Waals surface area contributed by atoms with E-state index in [-0.39, 0.29) is 22.6 Å². The van der Waals surface area contributed by atoms with Gasteiger partial charge in [-0.3, -0.25) is 19.3 Å². The van der Waals surface area contributed by atoms with Gasteiger partial charge in [0, 0.05) is 12.1 Å². The van der Waals surface area contributed by atoms with E-state index in [1.807, 2.05) is 6.07 Å². The van der Waals surface area contributed by atoms with Crippen LogP contribution in [-0.2, 0) is 20.8 Å². The fraction of sp³-hybridized carbons (Fsp3) is 0.452. The number of phenolic OH excluding ortho intramolecular Hbond substituents is 1. The number of carbonyl (C=O) groups is 3. The molecular formula is C31H37N3O6. The van der Waals surface area contributed by atoms with Gasteiger partial charge in [0.2, 0.25) is 0 Å². The summed E-state index contributed by atoms with van der Waals surface area (Å²) < 4.78 is 0. The lowest BCUT2D eigenvalue weighted by Gasteiger charge is -2.46. The van der Waals surface area contributed by atoms with Gasteiger partial charge in [0.05, 0.1) is 17.5 Å². The fourth-order valence-electron chi connectivity index (χ4n) is 7.08. The Hall–Kier alpha value is -3.69. The second kappa shape index (κ2) is 10.4. The molecule has 1 amide bonds. The minimum absolute atomic E-state index is 0.0973. The number of nitrogens with zero attached hydrogens (tertiary/aromatic N) is 2. The predicted octanol–water partition coefficient (Wildman–Crippen LogP) is 2.90. The normalized spacial score (nSPS) is 26.4. The van der Waals surface area contributed by atoms with E-state index >= 15 is 0 Å². The smallest absolute Gasteiger partial charge is 0.255 e. The van der Waals surface area contributed by atoms with Crippen molar-refractivity contribution >= 4 is 28.8 Å². The van der Waals surface area contributed by atoms with E-state index in [1.54, 1.807) is 19.0 Å². The molecule has 4 aliphatic carbocycles. The number of likely N-dealkylation sites (N-methyl/N-ethyl adjacent to an activating group) is 2. The van der Waals surface area contributed by atoms with Crippen molar-refractivity contribution in [2.75, 3.05) is 34.2 Å². The van der Waals surface area contributed by atoms with Crippen molar-refractivity contribution in [3.63, 3.8) is 0 Å². The summed E-state index contributed by atoms with van der Waals surface area (Å²) in [5.41, 5.74) is 9.22. The van der Waals surface area contributed by atoms with Crippen molar-refractivity contribution in [1.29, 1.82) is 0 Å². The van der Waals surface area contributed by atoms with Gasteiger partial charge in [-0.2, -0.15) is 0 Å². The van der Waals surface area contributed by atoms with Crippen LogP contribution in [0.2, 0.25) is 0 Å². The molecule has 9 heteroatoms. The van der Waals surface area contributed by atoms with Crippen LogP contribution in [0.5, 0.6) is 5.75 Å². The number of benzene rings is 1. The first-order chi connectivity index (χ1) is 19.0. The number of Topliss-reactive ketones (excluding diaryl/α,β-unsaturated/α-hetero) is 2. The molecule has 0 heterocycles. The van der Waals surface area contributed by atoms with Crippen molar-refractivity contribution in [2.24, 2.45) is 23.5 Å². The second-order valence-electron chi connectivity index (χ2n) is 11.6. The Balaban J connectivity index is 1.61. The third-order valence-electron chi connectivity index (χ3n) is 8.97. The summed E-state index contributed by atoms with van der Waals surface area (Å²) in [6.45, 7) is 3.86. The van der Waals surface area contributed by atoms with E-state index < -0.39 is 52.6 Å². The maximum absolute atomic E-state index is 13.9. The van der Waals surface area contributed by atoms with E-state index in [9.17, 15) is 29.7 Å². The zero-order chi connectivity index (χ0) is 29.0. The number of hydrogen-bond acceptors (Lipinski definition) is 8. The van der Waals surface area contributed by atoms with Gasteiger partial charge in [-0.25, -0.2) is 0 Å². The van der Waals surface area contributed by atoms with E-state index in [4.69, 9.17) is 5.73 Å². The van der Waals surface area contributed by atoms with Gasteiger partial charge in [0.15, 0.2) is 11.6 Å². The first kappa shape index (κ1) is 27.9. The molecule has 4 atom stereocenters. The lowest BCUT2D eigenvalue weighted by Crippen LogP contribution is -2.55. The molecule has 5 N–H and O–H groups in total. The zero-order valence-electron chi connectivity index (χ0n) is 23.4. The quantitative estimate of drug-likeness (QED) is 0.314. The average molecular weight is 548 g/mol. The van der Waals surface area contributed by atoms with Crippen LogP contribution in [0, 0.1) is 17.8 Å². The van der Waals surface area contributed by atoms with Crippen LogP contribution in [0.4, 0.5) is 0 Å². The van der Waals surface area contributed by atoms with Gasteiger partial charge < -0.3 is 26.0 Å². The zero-order valence-corrected chi connectivity index (χ0v) is 23.4. The number of aliphatic hydroxyl groups is 2. The van der Waals surface area contributed by atoms with Gasteiger partial charge in [0.25, 0.3) is 5.91 Å². The van der Waals surface area contributed by atoms with Crippen molar-refractivity contribution < 1.29 is 29.7 Å². The van der Waals surface area contributed by atoms with E-state index in [0.717, 1.165) is 42.6 Å². The fourth-order valence-corrected chi connectivity index (χ4v) is 7.08. The molecule has 9 nitrogen and oxygen atoms in total. The SMILES string of the molecule is CCN(C)CC1=CCCC(c2ccc(O)c3c2CC2CC4C(C(=O)C(C(N)=O)=C(O)C4N(C)C)C(=O)C2=C3O)=C1. The Morgan fingerprint density at radius 3 is 2.48 bits per heavy atom. The molecule has 40 heavy (non-hydrogen) atoms. The summed E-state index contributed by atoms with van der Waals surface area (Å²) in [6, 6.07) is 2.66. The molecular weight excluding hydrogens is 510 g/mol. The number of allylic oxidation sites excluding steroid dienone is 3. The molecule has 1 fully saturated rings. The standard InChI is InChI=1S/C31H37N3O6/c1-5-34(4)14-15-7-6-8-16(11-15)18-9-10-21(35)23-19(18)12-17-13-20-24(28(37)22(17)27(23)36)29(38)25(31(32)40)30(39)26(20)33(2)3/h7,9-11,17,20,24,26,35-36,39H,5-6,8,12-14H2,1-4H3,(H2,32,40). The number of amides is 1. The summed E-state index contributed by atoms with van der Waals surface area (Å²) in [5, 5.41) is 33.3. The number of primary amides is 1. The van der Waals surface area contributed by atoms with Crippen LogP contribution < -0.4 is 5.73 Å². The number of fused-ring (bicyclic) bond motifs is 3. The molecule has 1 aromatic rings. The van der Waals surface area contributed by atoms with Gasteiger partial charge in [-0.05, 0) is 93.5 Å². The maximum Gasteiger partial charge on any atom is 0.255 e. The number of ketones is 2. The molecule has 212 valence electrons. The first-order valence-electron chi connectivity index (χ1n) is 13.8. The minimum Gasteiger partial charge on any atom is -0.510 e. The molecule has 0 bridgehead atoms. The van der Waals surface area contributed by atoms with E-state index in [2.05, 4.69) is 31.0 Å². The molecule has 1 saturated carbocycles. The Bertz CT molecular complexity index is 1430. The Morgan fingerprint density at radius 1 is 1.10 bits per heavy atom. The largest absolute Gasteiger partial charge is 0.510 e. The number of nitrogens with two attached hydrogens (primary N) is 1. The molecule has 0 saturated heterocycles. The highest BCUT2D eigenvalue weighted by molar-refractivity contribution is 6.28. The minimum atomic E-state index is -1.25. The molecule has 0 aliphatic heterocycles. The number of carbonyl (C=O) groups excluding carboxylic acids is 3. The number of rotatable bonds is 6. The molecule has 0 spiro atoms. The highest BCUT2D eigenvalue weighted by Crippen LogP contribution is 2.51. The van der Waals surface area contributed by atoms with Crippen LogP contribution in [0.3, 0.4) is 0 Å². The summed E-state index contributed by atoms with van der Waals surface area (Å²) in [4.78, 5) is 43.3. The van der Waals surface area contributed by atoms with Crippen molar-refractivity contribution in [3.05, 3.63) is 63.5 Å². The Labute approximate surface area is 234 Å². The average Bonchev–Trinajstić information content (AvgIpc) is 2.88. The molecule has 0 radical (unpaired) electrons.